The van der Waals surface area contributed by atoms with E-state index in [0.29, 0.717) is 6.42 Å². The van der Waals surface area contributed by atoms with Crippen molar-refractivity contribution in [1.82, 2.24) is 5.32 Å². The van der Waals surface area contributed by atoms with E-state index in [1.165, 1.54) is 16.2 Å². The summed E-state index contributed by atoms with van der Waals surface area (Å²) in [5.74, 6) is -1.88. The van der Waals surface area contributed by atoms with E-state index in [-0.39, 0.29) is 6.54 Å². The Morgan fingerprint density at radius 2 is 1.64 bits per heavy atom. The fraction of sp³-hybridized carbons (Fsp3) is 0.357. The van der Waals surface area contributed by atoms with E-state index < -0.39 is 12.1 Å². The Hall–Kier alpha value is -1.38. The molecule has 2 aromatic rings. The number of hydrogen-bond acceptors (Lipinski definition) is 4. The van der Waals surface area contributed by atoms with Crippen LogP contribution in [-0.2, 0) is 17.6 Å². The maximum atomic E-state index is 11.7. The van der Waals surface area contributed by atoms with Gasteiger partial charge in [-0.2, -0.15) is 13.2 Å². The molecule has 0 atom stereocenters. The third-order valence-electron chi connectivity index (χ3n) is 2.47. The maximum absolute atomic E-state index is 11.7. The highest BCUT2D eigenvalue weighted by molar-refractivity contribution is 7.10. The number of alkyl halides is 3. The fourth-order valence-corrected chi connectivity index (χ4v) is 2.89. The molecule has 2 heterocycles. The fourth-order valence-electron chi connectivity index (χ4n) is 1.45. The van der Waals surface area contributed by atoms with Gasteiger partial charge in [-0.1, -0.05) is 12.1 Å². The second-order valence-electron chi connectivity index (χ2n) is 4.20. The molecule has 0 aromatic carbocycles. The lowest BCUT2D eigenvalue weighted by Crippen LogP contribution is -2.37. The highest BCUT2D eigenvalue weighted by atomic mass is 32.1. The van der Waals surface area contributed by atoms with E-state index in [4.69, 9.17) is 5.73 Å². The predicted molar refractivity (Wildman–Crippen MR) is 84.2 cm³/mol. The third-order valence-corrected chi connectivity index (χ3v) is 4.34. The highest BCUT2D eigenvalue weighted by Crippen LogP contribution is 2.14. The zero-order valence-electron chi connectivity index (χ0n) is 11.7. The first-order chi connectivity index (χ1) is 10.4. The van der Waals surface area contributed by atoms with Crippen LogP contribution in [-0.4, -0.2) is 25.2 Å². The second-order valence-corrected chi connectivity index (χ2v) is 6.27. The van der Waals surface area contributed by atoms with Crippen molar-refractivity contribution in [2.75, 3.05) is 13.1 Å². The third kappa shape index (κ3) is 7.58. The van der Waals surface area contributed by atoms with E-state index in [9.17, 15) is 18.0 Å². The van der Waals surface area contributed by atoms with Gasteiger partial charge in [0, 0.05) is 16.3 Å². The topological polar surface area (TPSA) is 55.1 Å². The van der Waals surface area contributed by atoms with Crippen molar-refractivity contribution < 1.29 is 18.0 Å². The number of halogens is 3. The van der Waals surface area contributed by atoms with E-state index in [2.05, 4.69) is 17.5 Å². The summed E-state index contributed by atoms with van der Waals surface area (Å²) in [6.45, 7) is 0.777. The van der Waals surface area contributed by atoms with Crippen molar-refractivity contribution in [1.29, 1.82) is 0 Å². The molecule has 0 aliphatic carbocycles. The van der Waals surface area contributed by atoms with E-state index in [0.717, 1.165) is 17.8 Å². The molecule has 0 spiro atoms. The zero-order valence-corrected chi connectivity index (χ0v) is 13.4. The number of nitrogens with one attached hydrogen (secondary N) is 1. The molecule has 3 nitrogen and oxygen atoms in total. The molecule has 1 amide bonds. The number of hydrogen-bond donors (Lipinski definition) is 2. The van der Waals surface area contributed by atoms with Crippen molar-refractivity contribution in [2.45, 2.75) is 19.0 Å². The summed E-state index contributed by atoms with van der Waals surface area (Å²) < 4.78 is 35.1. The van der Waals surface area contributed by atoms with Gasteiger partial charge in [-0.15, -0.1) is 22.7 Å². The SMILES string of the molecule is NCCc1cccs1.O=C(NCCc1cccs1)C(F)(F)F. The molecule has 122 valence electrons. The zero-order chi connectivity index (χ0) is 16.4. The molecule has 0 aliphatic rings. The molecular weight excluding hydrogens is 333 g/mol. The van der Waals surface area contributed by atoms with Crippen LogP contribution in [0.2, 0.25) is 0 Å². The molecule has 0 aliphatic heterocycles. The lowest BCUT2D eigenvalue weighted by molar-refractivity contribution is -0.173. The number of nitrogens with two attached hydrogens (primary N) is 1. The van der Waals surface area contributed by atoms with Gasteiger partial charge in [0.25, 0.3) is 0 Å². The average molecular weight is 350 g/mol. The molecule has 0 unspecified atom stereocenters. The Morgan fingerprint density at radius 3 is 2.05 bits per heavy atom. The van der Waals surface area contributed by atoms with E-state index >= 15 is 0 Å². The largest absolute Gasteiger partial charge is 0.471 e. The van der Waals surface area contributed by atoms with Gasteiger partial charge in [0.1, 0.15) is 0 Å². The summed E-state index contributed by atoms with van der Waals surface area (Å²) in [4.78, 5) is 12.7. The van der Waals surface area contributed by atoms with Crippen molar-refractivity contribution >= 4 is 28.6 Å². The van der Waals surface area contributed by atoms with Crippen LogP contribution >= 0.6 is 22.7 Å². The molecular formula is C14H17F3N2OS2. The Kier molecular flexibility index (Phi) is 8.15. The molecule has 0 saturated carbocycles. The molecule has 2 rings (SSSR count). The van der Waals surface area contributed by atoms with Crippen LogP contribution in [0.5, 0.6) is 0 Å². The summed E-state index contributed by atoms with van der Waals surface area (Å²) in [7, 11) is 0. The van der Waals surface area contributed by atoms with Gasteiger partial charge >= 0.3 is 12.1 Å². The van der Waals surface area contributed by atoms with Crippen molar-refractivity contribution in [3.63, 3.8) is 0 Å². The van der Waals surface area contributed by atoms with Crippen LogP contribution < -0.4 is 11.1 Å². The summed E-state index contributed by atoms with van der Waals surface area (Å²) >= 11 is 3.22. The van der Waals surface area contributed by atoms with Crippen LogP contribution in [0.1, 0.15) is 9.75 Å². The van der Waals surface area contributed by atoms with Crippen LogP contribution in [0, 0.1) is 0 Å². The number of carbonyl (C=O) groups is 1. The Labute approximate surface area is 135 Å². The second kappa shape index (κ2) is 9.60. The smallest absolute Gasteiger partial charge is 0.348 e. The maximum Gasteiger partial charge on any atom is 0.471 e. The molecule has 8 heteroatoms. The molecule has 0 saturated heterocycles. The Balaban J connectivity index is 0.000000255. The minimum absolute atomic E-state index is 0.0128. The number of amides is 1. The normalized spacial score (nSPS) is 10.7. The first-order valence-corrected chi connectivity index (χ1v) is 8.29. The van der Waals surface area contributed by atoms with Crippen LogP contribution in [0.3, 0.4) is 0 Å². The van der Waals surface area contributed by atoms with Crippen molar-refractivity contribution in [2.24, 2.45) is 5.73 Å². The first-order valence-electron chi connectivity index (χ1n) is 6.53. The average Bonchev–Trinajstić information content (AvgIpc) is 3.12. The summed E-state index contributed by atoms with van der Waals surface area (Å²) in [5.41, 5.74) is 5.33. The lowest BCUT2D eigenvalue weighted by Gasteiger charge is -2.06. The van der Waals surface area contributed by atoms with Gasteiger partial charge in [-0.05, 0) is 42.3 Å². The monoisotopic (exact) mass is 350 g/mol. The summed E-state index contributed by atoms with van der Waals surface area (Å²) in [6.07, 6.45) is -3.33. The quantitative estimate of drug-likeness (QED) is 0.870. The van der Waals surface area contributed by atoms with Gasteiger partial charge < -0.3 is 11.1 Å². The number of rotatable bonds is 5. The van der Waals surface area contributed by atoms with Crippen molar-refractivity contribution in [3.8, 4) is 0 Å². The number of carbonyl (C=O) groups excluding carboxylic acids is 1. The van der Waals surface area contributed by atoms with Gasteiger partial charge in [-0.25, -0.2) is 0 Å². The molecule has 3 N–H and O–H groups in total. The van der Waals surface area contributed by atoms with Crippen LogP contribution in [0.25, 0.3) is 0 Å². The summed E-state index contributed by atoms with van der Waals surface area (Å²) in [5, 5.41) is 5.71. The molecule has 0 radical (unpaired) electrons. The first kappa shape index (κ1) is 18.7. The van der Waals surface area contributed by atoms with Gasteiger partial charge in [0.15, 0.2) is 0 Å². The standard InChI is InChI=1S/C8H8F3NOS.C6H9NS/c9-8(10,11)7(13)12-4-3-6-2-1-5-14-6;7-4-3-6-2-1-5-8-6/h1-2,5H,3-4H2,(H,12,13);1-2,5H,3-4,7H2. The molecule has 0 bridgehead atoms. The van der Waals surface area contributed by atoms with Crippen molar-refractivity contribution in [3.05, 3.63) is 44.8 Å². The van der Waals surface area contributed by atoms with Crippen LogP contribution in [0.15, 0.2) is 35.0 Å². The highest BCUT2D eigenvalue weighted by Gasteiger charge is 2.38. The van der Waals surface area contributed by atoms with E-state index in [1.807, 2.05) is 17.5 Å². The van der Waals surface area contributed by atoms with Crippen LogP contribution in [0.4, 0.5) is 13.2 Å². The Morgan fingerprint density at radius 1 is 1.09 bits per heavy atom. The molecule has 22 heavy (non-hydrogen) atoms. The van der Waals surface area contributed by atoms with E-state index in [1.54, 1.807) is 16.7 Å². The van der Waals surface area contributed by atoms with Gasteiger partial charge in [0.05, 0.1) is 0 Å². The molecule has 0 fully saturated rings. The minimum atomic E-state index is -4.78. The lowest BCUT2D eigenvalue weighted by atomic mass is 10.3. The minimum Gasteiger partial charge on any atom is -0.348 e. The van der Waals surface area contributed by atoms with Gasteiger partial charge in [0.2, 0.25) is 0 Å². The predicted octanol–water partition coefficient (Wildman–Crippen LogP) is 3.22. The van der Waals surface area contributed by atoms with Gasteiger partial charge in [-0.3, -0.25) is 4.79 Å². The number of thiophene rings is 2. The molecule has 2 aromatic heterocycles. The Bertz CT molecular complexity index is 525. The summed E-state index contributed by atoms with van der Waals surface area (Å²) in [6, 6.07) is 7.78.